The van der Waals surface area contributed by atoms with Crippen molar-refractivity contribution in [2.45, 2.75) is 33.3 Å². The first-order valence-corrected chi connectivity index (χ1v) is 5.53. The van der Waals surface area contributed by atoms with Gasteiger partial charge in [-0.3, -0.25) is 0 Å². The minimum absolute atomic E-state index is 0.0590. The molecule has 2 unspecified atom stereocenters. The lowest BCUT2D eigenvalue weighted by Gasteiger charge is -2.24. The third-order valence-corrected chi connectivity index (χ3v) is 2.94. The third-order valence-electron chi connectivity index (χ3n) is 2.94. The number of halogens is 2. The van der Waals surface area contributed by atoms with Gasteiger partial charge in [-0.25, -0.2) is 8.78 Å². The minimum Gasteiger partial charge on any atom is -0.393 e. The van der Waals surface area contributed by atoms with Crippen LogP contribution in [0.4, 0.5) is 8.78 Å². The Morgan fingerprint density at radius 2 is 1.81 bits per heavy atom. The summed E-state index contributed by atoms with van der Waals surface area (Å²) in [6, 6.07) is 3.43. The van der Waals surface area contributed by atoms with E-state index in [0.29, 0.717) is 12.0 Å². The quantitative estimate of drug-likeness (QED) is 0.839. The van der Waals surface area contributed by atoms with E-state index in [1.165, 1.54) is 6.07 Å². The van der Waals surface area contributed by atoms with Crippen LogP contribution in [0.1, 0.15) is 26.3 Å². The van der Waals surface area contributed by atoms with E-state index in [2.05, 4.69) is 0 Å². The molecule has 0 aliphatic carbocycles. The monoisotopic (exact) mass is 228 g/mol. The van der Waals surface area contributed by atoms with Gasteiger partial charge in [0.25, 0.3) is 0 Å². The zero-order valence-electron chi connectivity index (χ0n) is 9.87. The van der Waals surface area contributed by atoms with E-state index in [9.17, 15) is 13.9 Å². The smallest absolute Gasteiger partial charge is 0.126 e. The number of hydrogen-bond donors (Lipinski definition) is 1. The predicted molar refractivity (Wildman–Crippen MR) is 60.1 cm³/mol. The summed E-state index contributed by atoms with van der Waals surface area (Å²) in [6.45, 7) is 5.62. The van der Waals surface area contributed by atoms with Crippen LogP contribution >= 0.6 is 0 Å². The predicted octanol–water partition coefficient (Wildman–Crippen LogP) is 3.16. The van der Waals surface area contributed by atoms with Gasteiger partial charge in [-0.1, -0.05) is 13.8 Å². The van der Waals surface area contributed by atoms with Crippen LogP contribution in [0.3, 0.4) is 0 Å². The maximum Gasteiger partial charge on any atom is 0.126 e. The number of benzene rings is 1. The second-order valence-corrected chi connectivity index (χ2v) is 4.59. The average Bonchev–Trinajstić information content (AvgIpc) is 2.18. The molecule has 1 N–H and O–H groups in total. The van der Waals surface area contributed by atoms with Crippen molar-refractivity contribution in [3.8, 4) is 0 Å². The van der Waals surface area contributed by atoms with Gasteiger partial charge in [-0.05, 0) is 48.9 Å². The number of aliphatic hydroxyl groups is 1. The molecule has 0 fully saturated rings. The van der Waals surface area contributed by atoms with Crippen molar-refractivity contribution in [3.05, 3.63) is 35.4 Å². The second kappa shape index (κ2) is 5.39. The topological polar surface area (TPSA) is 20.2 Å². The molecule has 0 aliphatic rings. The SMILES string of the molecule is CC(C)C(Cc1cc(F)ccc1F)C(C)O. The molecule has 1 aromatic carbocycles. The van der Waals surface area contributed by atoms with Gasteiger partial charge in [0, 0.05) is 0 Å². The maximum absolute atomic E-state index is 13.4. The molecule has 3 heteroatoms. The van der Waals surface area contributed by atoms with Crippen LogP contribution in [0.5, 0.6) is 0 Å². The van der Waals surface area contributed by atoms with Crippen LogP contribution in [0.2, 0.25) is 0 Å². The van der Waals surface area contributed by atoms with E-state index < -0.39 is 17.7 Å². The standard InChI is InChI=1S/C13H18F2O/c1-8(2)12(9(3)16)7-10-6-11(14)4-5-13(10)15/h4-6,8-9,12,16H,7H2,1-3H3. The lowest BCUT2D eigenvalue weighted by Crippen LogP contribution is -2.25. The van der Waals surface area contributed by atoms with E-state index in [0.717, 1.165) is 12.1 Å². The number of hydrogen-bond acceptors (Lipinski definition) is 1. The van der Waals surface area contributed by atoms with Crippen LogP contribution in [0, 0.1) is 23.5 Å². The molecule has 1 rings (SSSR count). The Kier molecular flexibility index (Phi) is 4.42. The van der Waals surface area contributed by atoms with Gasteiger partial charge in [0.05, 0.1) is 6.10 Å². The third kappa shape index (κ3) is 3.27. The van der Waals surface area contributed by atoms with Crippen LogP contribution in [-0.4, -0.2) is 11.2 Å². The van der Waals surface area contributed by atoms with Crippen molar-refractivity contribution in [3.63, 3.8) is 0 Å². The molecule has 0 bridgehead atoms. The Balaban J connectivity index is 2.89. The molecule has 0 aliphatic heterocycles. The van der Waals surface area contributed by atoms with E-state index in [1.807, 2.05) is 13.8 Å². The Labute approximate surface area is 95.1 Å². The van der Waals surface area contributed by atoms with E-state index >= 15 is 0 Å². The number of aliphatic hydroxyl groups excluding tert-OH is 1. The normalized spacial score (nSPS) is 15.2. The fourth-order valence-corrected chi connectivity index (χ4v) is 1.92. The highest BCUT2D eigenvalue weighted by atomic mass is 19.1. The molecule has 1 aromatic rings. The lowest BCUT2D eigenvalue weighted by atomic mass is 9.85. The van der Waals surface area contributed by atoms with Crippen LogP contribution < -0.4 is 0 Å². The Bertz CT molecular complexity index is 340. The summed E-state index contributed by atoms with van der Waals surface area (Å²) in [7, 11) is 0. The summed E-state index contributed by atoms with van der Waals surface area (Å²) >= 11 is 0. The maximum atomic E-state index is 13.4. The average molecular weight is 228 g/mol. The Morgan fingerprint density at radius 3 is 2.31 bits per heavy atom. The van der Waals surface area contributed by atoms with Crippen molar-refractivity contribution in [2.75, 3.05) is 0 Å². The first-order chi connectivity index (χ1) is 7.41. The fourth-order valence-electron chi connectivity index (χ4n) is 1.92. The fraction of sp³-hybridized carbons (Fsp3) is 0.538. The van der Waals surface area contributed by atoms with Crippen molar-refractivity contribution in [2.24, 2.45) is 11.8 Å². The van der Waals surface area contributed by atoms with Gasteiger partial charge in [0.2, 0.25) is 0 Å². The van der Waals surface area contributed by atoms with Gasteiger partial charge in [-0.2, -0.15) is 0 Å². The Hall–Kier alpha value is -0.960. The first kappa shape index (κ1) is 13.1. The molecular weight excluding hydrogens is 210 g/mol. The van der Waals surface area contributed by atoms with Gasteiger partial charge >= 0.3 is 0 Å². The Morgan fingerprint density at radius 1 is 1.19 bits per heavy atom. The molecule has 0 saturated heterocycles. The second-order valence-electron chi connectivity index (χ2n) is 4.59. The summed E-state index contributed by atoms with van der Waals surface area (Å²) in [6.07, 6.45) is -0.165. The molecule has 0 aromatic heterocycles. The lowest BCUT2D eigenvalue weighted by molar-refractivity contribution is 0.0971. The molecular formula is C13H18F2O. The van der Waals surface area contributed by atoms with E-state index in [-0.39, 0.29) is 11.8 Å². The zero-order valence-corrected chi connectivity index (χ0v) is 9.87. The molecule has 0 radical (unpaired) electrons. The molecule has 1 nitrogen and oxygen atoms in total. The summed E-state index contributed by atoms with van der Waals surface area (Å²) in [5.74, 6) is -0.684. The summed E-state index contributed by atoms with van der Waals surface area (Å²) in [4.78, 5) is 0. The summed E-state index contributed by atoms with van der Waals surface area (Å²) in [5.41, 5.74) is 0.333. The largest absolute Gasteiger partial charge is 0.393 e. The molecule has 16 heavy (non-hydrogen) atoms. The highest BCUT2D eigenvalue weighted by molar-refractivity contribution is 5.19. The summed E-state index contributed by atoms with van der Waals surface area (Å²) in [5, 5.41) is 9.59. The summed E-state index contributed by atoms with van der Waals surface area (Å²) < 4.78 is 26.4. The number of rotatable bonds is 4. The van der Waals surface area contributed by atoms with Gasteiger partial charge in [-0.15, -0.1) is 0 Å². The zero-order chi connectivity index (χ0) is 12.3. The highest BCUT2D eigenvalue weighted by Gasteiger charge is 2.21. The minimum atomic E-state index is -0.525. The van der Waals surface area contributed by atoms with Crippen LogP contribution in [0.15, 0.2) is 18.2 Å². The van der Waals surface area contributed by atoms with Crippen molar-refractivity contribution in [1.29, 1.82) is 0 Å². The molecule has 0 amide bonds. The molecule has 2 atom stereocenters. The van der Waals surface area contributed by atoms with Crippen LogP contribution in [-0.2, 0) is 6.42 Å². The van der Waals surface area contributed by atoms with Crippen molar-refractivity contribution in [1.82, 2.24) is 0 Å². The molecule has 90 valence electrons. The van der Waals surface area contributed by atoms with Crippen molar-refractivity contribution >= 4 is 0 Å². The molecule has 0 heterocycles. The van der Waals surface area contributed by atoms with E-state index in [4.69, 9.17) is 0 Å². The molecule has 0 spiro atoms. The van der Waals surface area contributed by atoms with Gasteiger partial charge in [0.15, 0.2) is 0 Å². The van der Waals surface area contributed by atoms with Crippen LogP contribution in [0.25, 0.3) is 0 Å². The van der Waals surface area contributed by atoms with Crippen molar-refractivity contribution < 1.29 is 13.9 Å². The van der Waals surface area contributed by atoms with E-state index in [1.54, 1.807) is 6.92 Å². The molecule has 0 saturated carbocycles. The highest BCUT2D eigenvalue weighted by Crippen LogP contribution is 2.23. The first-order valence-electron chi connectivity index (χ1n) is 5.53. The van der Waals surface area contributed by atoms with Gasteiger partial charge < -0.3 is 5.11 Å². The van der Waals surface area contributed by atoms with Gasteiger partial charge in [0.1, 0.15) is 11.6 Å².